The van der Waals surface area contributed by atoms with Crippen LogP contribution in [0.3, 0.4) is 0 Å². The van der Waals surface area contributed by atoms with E-state index in [9.17, 15) is 0 Å². The van der Waals surface area contributed by atoms with Crippen molar-refractivity contribution >= 4 is 50.0 Å². The van der Waals surface area contributed by atoms with Gasteiger partial charge in [0.25, 0.3) is 0 Å². The highest BCUT2D eigenvalue weighted by Gasteiger charge is 2.14. The second-order valence-corrected chi connectivity index (χ2v) is 11.2. The van der Waals surface area contributed by atoms with Crippen LogP contribution in [0.4, 0.5) is 28.4 Å². The summed E-state index contributed by atoms with van der Waals surface area (Å²) in [7, 11) is 0. The molecule has 0 spiro atoms. The van der Waals surface area contributed by atoms with Gasteiger partial charge in [0.1, 0.15) is 0 Å². The topological polar surface area (TPSA) is 6.48 Å². The van der Waals surface area contributed by atoms with Crippen LogP contribution in [0.2, 0.25) is 0 Å². The van der Waals surface area contributed by atoms with E-state index in [1.807, 2.05) is 18.2 Å². The smallest absolute Gasteiger partial charge is 0.0468 e. The van der Waals surface area contributed by atoms with Gasteiger partial charge in [-0.3, -0.25) is 0 Å². The lowest BCUT2D eigenvalue weighted by atomic mass is 9.98. The average molecular weight is 591 g/mol. The lowest BCUT2D eigenvalue weighted by Gasteiger charge is -2.26. The minimum absolute atomic E-state index is 0.965. The summed E-state index contributed by atoms with van der Waals surface area (Å²) in [6, 6.07) is 58.2. The van der Waals surface area contributed by atoms with Gasteiger partial charge in [0, 0.05) is 34.1 Å². The van der Waals surface area contributed by atoms with Crippen molar-refractivity contribution in [2.75, 3.05) is 9.80 Å². The standard InChI is InChI=1S/C44H34N2/c1-3-14-39(4-2)45(40-15-8-5-9-16-40)43-27-25-35-29-33(21-23-37(35)31-43)34-22-24-38-32-44(28-26-36(38)30-34)46(41-17-10-6-11-18-41)42-19-12-7-13-20-42/h3-32H,1-2H2/b39-14+. The van der Waals surface area contributed by atoms with Crippen LogP contribution >= 0.6 is 0 Å². The van der Waals surface area contributed by atoms with E-state index >= 15 is 0 Å². The third-order valence-electron chi connectivity index (χ3n) is 8.30. The predicted molar refractivity (Wildman–Crippen MR) is 199 cm³/mol. The van der Waals surface area contributed by atoms with Crippen LogP contribution in [0.5, 0.6) is 0 Å². The molecule has 7 rings (SSSR count). The van der Waals surface area contributed by atoms with Crippen molar-refractivity contribution in [2.24, 2.45) is 0 Å². The van der Waals surface area contributed by atoms with Crippen LogP contribution in [0, 0.1) is 0 Å². The first kappa shape index (κ1) is 28.6. The SMILES string of the molecule is C=C/C=C(\C=C)N(c1ccccc1)c1ccc2cc(-c3ccc4cc(N(c5ccccc5)c5ccccc5)ccc4c3)ccc2c1. The molecule has 0 saturated heterocycles. The number of nitrogens with zero attached hydrogens (tertiary/aromatic N) is 2. The molecule has 0 bridgehead atoms. The number of hydrogen-bond donors (Lipinski definition) is 0. The average Bonchev–Trinajstić information content (AvgIpc) is 3.12. The van der Waals surface area contributed by atoms with Gasteiger partial charge in [0.05, 0.1) is 0 Å². The summed E-state index contributed by atoms with van der Waals surface area (Å²) in [6.07, 6.45) is 5.65. The van der Waals surface area contributed by atoms with Crippen molar-refractivity contribution in [3.8, 4) is 11.1 Å². The Bertz CT molecular complexity index is 2140. The molecule has 0 fully saturated rings. The number of benzene rings is 7. The Hall–Kier alpha value is -6.12. The zero-order chi connectivity index (χ0) is 31.3. The van der Waals surface area contributed by atoms with E-state index in [0.29, 0.717) is 0 Å². The quantitative estimate of drug-likeness (QED) is 0.154. The van der Waals surface area contributed by atoms with Crippen LogP contribution in [0.1, 0.15) is 0 Å². The molecule has 0 aromatic heterocycles. The molecule has 0 unspecified atom stereocenters. The highest BCUT2D eigenvalue weighted by Crippen LogP contribution is 2.38. The summed E-state index contributed by atoms with van der Waals surface area (Å²) in [5.41, 5.74) is 8.89. The largest absolute Gasteiger partial charge is 0.311 e. The summed E-state index contributed by atoms with van der Waals surface area (Å²) in [4.78, 5) is 4.51. The molecule has 0 amide bonds. The maximum absolute atomic E-state index is 4.06. The van der Waals surface area contributed by atoms with E-state index in [0.717, 1.165) is 34.1 Å². The molecular weight excluding hydrogens is 556 g/mol. The van der Waals surface area contributed by atoms with E-state index in [-0.39, 0.29) is 0 Å². The summed E-state index contributed by atoms with van der Waals surface area (Å²) in [5, 5.41) is 4.79. The van der Waals surface area contributed by atoms with Crippen molar-refractivity contribution in [3.05, 3.63) is 201 Å². The lowest BCUT2D eigenvalue weighted by molar-refractivity contribution is 1.21. The molecule has 0 radical (unpaired) electrons. The Morgan fingerprint density at radius 1 is 0.413 bits per heavy atom. The van der Waals surface area contributed by atoms with Gasteiger partial charge in [-0.05, 0) is 118 Å². The molecular formula is C44H34N2. The Labute approximate surface area is 271 Å². The molecule has 0 N–H and O–H groups in total. The fourth-order valence-electron chi connectivity index (χ4n) is 6.08. The third-order valence-corrected chi connectivity index (χ3v) is 8.30. The van der Waals surface area contributed by atoms with Gasteiger partial charge in [0.2, 0.25) is 0 Å². The van der Waals surface area contributed by atoms with Gasteiger partial charge in [-0.2, -0.15) is 0 Å². The van der Waals surface area contributed by atoms with Crippen LogP contribution in [-0.4, -0.2) is 0 Å². The molecule has 2 nitrogen and oxygen atoms in total. The zero-order valence-electron chi connectivity index (χ0n) is 25.6. The number of para-hydroxylation sites is 3. The van der Waals surface area contributed by atoms with Crippen molar-refractivity contribution in [1.82, 2.24) is 0 Å². The molecule has 220 valence electrons. The molecule has 7 aromatic carbocycles. The molecule has 0 aliphatic carbocycles. The summed E-state index contributed by atoms with van der Waals surface area (Å²) in [6.45, 7) is 7.97. The zero-order valence-corrected chi connectivity index (χ0v) is 25.6. The molecule has 0 atom stereocenters. The third kappa shape index (κ3) is 5.72. The highest BCUT2D eigenvalue weighted by atomic mass is 15.1. The highest BCUT2D eigenvalue weighted by molar-refractivity contribution is 5.95. The number of anilines is 5. The van der Waals surface area contributed by atoms with E-state index < -0.39 is 0 Å². The van der Waals surface area contributed by atoms with E-state index in [1.165, 1.54) is 32.7 Å². The van der Waals surface area contributed by atoms with Gasteiger partial charge in [-0.15, -0.1) is 0 Å². The lowest BCUT2D eigenvalue weighted by Crippen LogP contribution is -2.14. The van der Waals surface area contributed by atoms with Crippen LogP contribution in [-0.2, 0) is 0 Å². The van der Waals surface area contributed by atoms with Crippen LogP contribution in [0.15, 0.2) is 201 Å². The fourth-order valence-corrected chi connectivity index (χ4v) is 6.08. The van der Waals surface area contributed by atoms with Gasteiger partial charge >= 0.3 is 0 Å². The number of fused-ring (bicyclic) bond motifs is 2. The normalized spacial score (nSPS) is 11.3. The van der Waals surface area contributed by atoms with Gasteiger partial charge in [-0.25, -0.2) is 0 Å². The second kappa shape index (κ2) is 12.9. The van der Waals surface area contributed by atoms with Crippen molar-refractivity contribution in [3.63, 3.8) is 0 Å². The van der Waals surface area contributed by atoms with Crippen molar-refractivity contribution < 1.29 is 0 Å². The van der Waals surface area contributed by atoms with Gasteiger partial charge in [-0.1, -0.05) is 110 Å². The van der Waals surface area contributed by atoms with Crippen LogP contribution in [0.25, 0.3) is 32.7 Å². The van der Waals surface area contributed by atoms with Crippen LogP contribution < -0.4 is 9.80 Å². The molecule has 7 aromatic rings. The first-order valence-electron chi connectivity index (χ1n) is 15.5. The van der Waals surface area contributed by atoms with Gasteiger partial charge in [0.15, 0.2) is 0 Å². The molecule has 46 heavy (non-hydrogen) atoms. The summed E-state index contributed by atoms with van der Waals surface area (Å²) < 4.78 is 0. The minimum atomic E-state index is 0.965. The van der Waals surface area contributed by atoms with E-state index in [1.54, 1.807) is 6.08 Å². The van der Waals surface area contributed by atoms with Gasteiger partial charge < -0.3 is 9.80 Å². The number of rotatable bonds is 9. The van der Waals surface area contributed by atoms with Crippen molar-refractivity contribution in [1.29, 1.82) is 0 Å². The molecule has 0 aliphatic heterocycles. The monoisotopic (exact) mass is 590 g/mol. The second-order valence-electron chi connectivity index (χ2n) is 11.2. The predicted octanol–water partition coefficient (Wildman–Crippen LogP) is 12.5. The Balaban J connectivity index is 1.22. The summed E-state index contributed by atoms with van der Waals surface area (Å²) >= 11 is 0. The first-order chi connectivity index (χ1) is 22.7. The van der Waals surface area contributed by atoms with E-state index in [4.69, 9.17) is 0 Å². The Morgan fingerprint density at radius 2 is 0.848 bits per heavy atom. The fraction of sp³-hybridized carbons (Fsp3) is 0. The molecule has 0 saturated carbocycles. The number of hydrogen-bond acceptors (Lipinski definition) is 2. The first-order valence-corrected chi connectivity index (χ1v) is 15.5. The minimum Gasteiger partial charge on any atom is -0.311 e. The maximum Gasteiger partial charge on any atom is 0.0468 e. The Morgan fingerprint density at radius 3 is 1.35 bits per heavy atom. The molecule has 0 aliphatic rings. The summed E-state index contributed by atoms with van der Waals surface area (Å²) in [5.74, 6) is 0. The van der Waals surface area contributed by atoms with Crippen molar-refractivity contribution in [2.45, 2.75) is 0 Å². The molecule has 0 heterocycles. The number of allylic oxidation sites excluding steroid dienone is 3. The van der Waals surface area contributed by atoms with E-state index in [2.05, 4.69) is 181 Å². The maximum atomic E-state index is 4.06. The Kier molecular flexibility index (Phi) is 8.00. The molecule has 2 heteroatoms.